The fraction of sp³-hybridized carbons (Fsp3) is 0.333. The zero-order valence-electron chi connectivity index (χ0n) is 12.8. The second kappa shape index (κ2) is 5.76. The van der Waals surface area contributed by atoms with Gasteiger partial charge in [0.15, 0.2) is 9.84 Å². The number of aromatic amines is 1. The van der Waals surface area contributed by atoms with Gasteiger partial charge in [-0.15, -0.1) is 0 Å². The van der Waals surface area contributed by atoms with Gasteiger partial charge in [-0.05, 0) is 24.6 Å². The molecule has 122 valence electrons. The minimum atomic E-state index is -3.38. The molecule has 0 bridgehead atoms. The summed E-state index contributed by atoms with van der Waals surface area (Å²) in [5.41, 5.74) is 3.20. The molecule has 0 atom stereocenters. The summed E-state index contributed by atoms with van der Waals surface area (Å²) in [6.07, 6.45) is 3.58. The number of hydrogen-bond donors (Lipinski definition) is 1. The second-order valence-corrected chi connectivity index (χ2v) is 8.57. The predicted molar refractivity (Wildman–Crippen MR) is 89.0 cm³/mol. The van der Waals surface area contributed by atoms with Gasteiger partial charge in [0.1, 0.15) is 0 Å². The summed E-state index contributed by atoms with van der Waals surface area (Å²) < 4.78 is 24.3. The molecule has 6 nitrogen and oxygen atoms in total. The number of halogens is 1. The average Bonchev–Trinajstić information content (AvgIpc) is 2.95. The third-order valence-electron chi connectivity index (χ3n) is 4.06. The quantitative estimate of drug-likeness (QED) is 0.840. The third kappa shape index (κ3) is 3.05. The Balaban J connectivity index is 1.98. The fourth-order valence-corrected chi connectivity index (χ4v) is 3.93. The number of H-pyrrole nitrogens is 1. The molecule has 1 aliphatic rings. The normalized spacial score (nSPS) is 14.7. The number of amides is 1. The molecule has 1 aromatic heterocycles. The molecule has 1 aliphatic heterocycles. The maximum absolute atomic E-state index is 12.9. The van der Waals surface area contributed by atoms with Crippen molar-refractivity contribution in [2.45, 2.75) is 24.8 Å². The van der Waals surface area contributed by atoms with Gasteiger partial charge in [0.25, 0.3) is 5.91 Å². The summed E-state index contributed by atoms with van der Waals surface area (Å²) in [5, 5.41) is 6.93. The van der Waals surface area contributed by atoms with Crippen LogP contribution in [0.5, 0.6) is 0 Å². The van der Waals surface area contributed by atoms with Crippen LogP contribution in [0.4, 0.5) is 0 Å². The lowest BCUT2D eigenvalue weighted by Crippen LogP contribution is -2.36. The van der Waals surface area contributed by atoms with Crippen LogP contribution in [-0.2, 0) is 22.8 Å². The molecule has 0 saturated heterocycles. The van der Waals surface area contributed by atoms with E-state index < -0.39 is 9.84 Å². The molecule has 2 heterocycles. The smallest absolute Gasteiger partial charge is 0.254 e. The Morgan fingerprint density at radius 3 is 2.83 bits per heavy atom. The Kier molecular flexibility index (Phi) is 4.05. The Bertz CT molecular complexity index is 889. The summed E-state index contributed by atoms with van der Waals surface area (Å²) >= 11 is 3.35. The van der Waals surface area contributed by atoms with E-state index in [0.29, 0.717) is 29.5 Å². The molecule has 0 aliphatic carbocycles. The van der Waals surface area contributed by atoms with Gasteiger partial charge in [0.2, 0.25) is 0 Å². The van der Waals surface area contributed by atoms with E-state index in [4.69, 9.17) is 0 Å². The van der Waals surface area contributed by atoms with E-state index in [1.165, 1.54) is 12.1 Å². The molecule has 1 aromatic carbocycles. The number of fused-ring (bicyclic) bond motifs is 1. The Morgan fingerprint density at radius 2 is 2.13 bits per heavy atom. The van der Waals surface area contributed by atoms with E-state index in [1.807, 2.05) is 0 Å². The minimum Gasteiger partial charge on any atom is -0.334 e. The van der Waals surface area contributed by atoms with Crippen LogP contribution < -0.4 is 0 Å². The molecule has 0 unspecified atom stereocenters. The van der Waals surface area contributed by atoms with Crippen molar-refractivity contribution in [3.8, 4) is 0 Å². The van der Waals surface area contributed by atoms with E-state index in [0.717, 1.165) is 23.1 Å². The lowest BCUT2D eigenvalue weighted by atomic mass is 10.0. The summed E-state index contributed by atoms with van der Waals surface area (Å²) in [7, 11) is -3.38. The molecule has 3 rings (SSSR count). The van der Waals surface area contributed by atoms with Gasteiger partial charge in [-0.1, -0.05) is 15.9 Å². The highest BCUT2D eigenvalue weighted by molar-refractivity contribution is 9.10. The van der Waals surface area contributed by atoms with Gasteiger partial charge in [0, 0.05) is 47.1 Å². The molecule has 2 aromatic rings. The van der Waals surface area contributed by atoms with Crippen molar-refractivity contribution < 1.29 is 13.2 Å². The van der Waals surface area contributed by atoms with Gasteiger partial charge < -0.3 is 4.90 Å². The zero-order valence-corrected chi connectivity index (χ0v) is 15.2. The van der Waals surface area contributed by atoms with E-state index >= 15 is 0 Å². The number of nitrogens with zero attached hydrogens (tertiary/aromatic N) is 2. The first-order valence-corrected chi connectivity index (χ1v) is 9.76. The van der Waals surface area contributed by atoms with Crippen LogP contribution in [0.3, 0.4) is 0 Å². The van der Waals surface area contributed by atoms with Gasteiger partial charge >= 0.3 is 0 Å². The van der Waals surface area contributed by atoms with Gasteiger partial charge in [-0.3, -0.25) is 9.89 Å². The first-order chi connectivity index (χ1) is 10.8. The second-order valence-electron chi connectivity index (χ2n) is 5.70. The van der Waals surface area contributed by atoms with Gasteiger partial charge in [0.05, 0.1) is 11.1 Å². The van der Waals surface area contributed by atoms with Crippen LogP contribution >= 0.6 is 15.9 Å². The van der Waals surface area contributed by atoms with Crippen molar-refractivity contribution in [2.75, 3.05) is 12.8 Å². The van der Waals surface area contributed by atoms with Gasteiger partial charge in [-0.2, -0.15) is 5.10 Å². The summed E-state index contributed by atoms with van der Waals surface area (Å²) in [6, 6.07) is 2.99. The highest BCUT2D eigenvalue weighted by Crippen LogP contribution is 2.27. The number of sulfone groups is 1. The van der Waals surface area contributed by atoms with Crippen molar-refractivity contribution in [3.05, 3.63) is 45.2 Å². The number of carbonyl (C=O) groups excluding carboxylic acids is 1. The zero-order chi connectivity index (χ0) is 16.8. The monoisotopic (exact) mass is 397 g/mol. The van der Waals surface area contributed by atoms with E-state index in [1.54, 1.807) is 18.0 Å². The Hall–Kier alpha value is -1.67. The number of rotatable bonds is 2. The number of benzene rings is 1. The highest BCUT2D eigenvalue weighted by Gasteiger charge is 2.25. The van der Waals surface area contributed by atoms with Crippen molar-refractivity contribution in [1.82, 2.24) is 15.1 Å². The molecular weight excluding hydrogens is 382 g/mol. The number of carbonyl (C=O) groups is 1. The van der Waals surface area contributed by atoms with Crippen LogP contribution in [0.15, 0.2) is 27.7 Å². The van der Waals surface area contributed by atoms with Crippen molar-refractivity contribution >= 4 is 31.7 Å². The molecule has 0 radical (unpaired) electrons. The highest BCUT2D eigenvalue weighted by atomic mass is 79.9. The van der Waals surface area contributed by atoms with Crippen LogP contribution in [0.25, 0.3) is 0 Å². The largest absolute Gasteiger partial charge is 0.334 e. The van der Waals surface area contributed by atoms with Crippen molar-refractivity contribution in [2.24, 2.45) is 0 Å². The van der Waals surface area contributed by atoms with E-state index in [9.17, 15) is 13.2 Å². The van der Waals surface area contributed by atoms with Crippen molar-refractivity contribution in [1.29, 1.82) is 0 Å². The molecule has 0 fully saturated rings. The minimum absolute atomic E-state index is 0.138. The molecule has 8 heteroatoms. The van der Waals surface area contributed by atoms with Crippen LogP contribution in [0, 0.1) is 6.92 Å². The fourth-order valence-electron chi connectivity index (χ4n) is 2.66. The summed E-state index contributed by atoms with van der Waals surface area (Å²) in [6.45, 7) is 2.86. The summed E-state index contributed by atoms with van der Waals surface area (Å²) in [4.78, 5) is 14.7. The molecule has 1 amide bonds. The SMILES string of the molecule is Cc1c(Br)cc(S(C)(=O)=O)cc1C(=O)N1CCc2[nH]ncc2C1. The van der Waals surface area contributed by atoms with Crippen LogP contribution in [0.2, 0.25) is 0 Å². The predicted octanol–water partition coefficient (Wildman–Crippen LogP) is 2.08. The Labute approximate surface area is 142 Å². The van der Waals surface area contributed by atoms with Crippen LogP contribution in [-0.4, -0.2) is 42.2 Å². The number of hydrogen-bond acceptors (Lipinski definition) is 4. The van der Waals surface area contributed by atoms with E-state index in [-0.39, 0.29) is 10.8 Å². The Morgan fingerprint density at radius 1 is 1.39 bits per heavy atom. The topological polar surface area (TPSA) is 83.1 Å². The summed E-state index contributed by atoms with van der Waals surface area (Å²) in [5.74, 6) is -0.166. The number of nitrogens with one attached hydrogen (secondary N) is 1. The van der Waals surface area contributed by atoms with Gasteiger partial charge in [-0.25, -0.2) is 8.42 Å². The molecular formula is C15H16BrN3O3S. The third-order valence-corrected chi connectivity index (χ3v) is 5.98. The first-order valence-electron chi connectivity index (χ1n) is 7.08. The average molecular weight is 398 g/mol. The molecule has 23 heavy (non-hydrogen) atoms. The standard InChI is InChI=1S/C15H16BrN3O3S/c1-9-12(5-11(6-13(9)16)23(2,21)22)15(20)19-4-3-14-10(8-19)7-17-18-14/h5-7H,3-4,8H2,1-2H3,(H,17,18). The molecule has 0 spiro atoms. The lowest BCUT2D eigenvalue weighted by Gasteiger charge is -2.27. The van der Waals surface area contributed by atoms with Crippen LogP contribution in [0.1, 0.15) is 27.2 Å². The van der Waals surface area contributed by atoms with Crippen molar-refractivity contribution in [3.63, 3.8) is 0 Å². The maximum Gasteiger partial charge on any atom is 0.254 e. The molecule has 1 N–H and O–H groups in total. The first kappa shape index (κ1) is 16.2. The molecule has 0 saturated carbocycles. The lowest BCUT2D eigenvalue weighted by molar-refractivity contribution is 0.0733. The van der Waals surface area contributed by atoms with E-state index in [2.05, 4.69) is 26.1 Å². The number of aromatic nitrogens is 2. The maximum atomic E-state index is 12.9.